The predicted octanol–water partition coefficient (Wildman–Crippen LogP) is 4.01. The second-order valence-corrected chi connectivity index (χ2v) is 7.55. The summed E-state index contributed by atoms with van der Waals surface area (Å²) in [5, 5.41) is 5.75. The number of para-hydroxylation sites is 2. The Hall–Kier alpha value is -2.86. The zero-order chi connectivity index (χ0) is 20.6. The highest BCUT2D eigenvalue weighted by Crippen LogP contribution is 2.24. The zero-order valence-electron chi connectivity index (χ0n) is 17.1. The normalized spacial score (nSPS) is 15.0. The van der Waals surface area contributed by atoms with Gasteiger partial charge in [-0.1, -0.05) is 19.1 Å². The lowest BCUT2D eigenvalue weighted by Gasteiger charge is -2.29. The van der Waals surface area contributed by atoms with E-state index in [1.165, 1.54) is 12.8 Å². The lowest BCUT2D eigenvalue weighted by molar-refractivity contribution is -0.116. The molecule has 0 spiro atoms. The van der Waals surface area contributed by atoms with E-state index < -0.39 is 0 Å². The molecule has 29 heavy (non-hydrogen) atoms. The molecule has 6 heteroatoms. The summed E-state index contributed by atoms with van der Waals surface area (Å²) >= 11 is 0. The van der Waals surface area contributed by atoms with Crippen molar-refractivity contribution in [3.8, 4) is 5.75 Å². The molecule has 2 aromatic carbocycles. The standard InChI is InChI=1S/C23H29N3O3/c1-17-11-14-26(15-12-17)16-13-22(27)24-19-9-7-18(8-10-19)23(28)25-20-5-3-4-6-21(20)29-2/h3-10,17H,11-16H2,1-2H3,(H,24,27)(H,25,28). The van der Waals surface area contributed by atoms with Crippen LogP contribution in [0.3, 0.4) is 0 Å². The van der Waals surface area contributed by atoms with Gasteiger partial charge in [-0.05, 0) is 68.2 Å². The molecule has 1 saturated heterocycles. The second kappa shape index (κ2) is 10.1. The van der Waals surface area contributed by atoms with Gasteiger partial charge in [-0.2, -0.15) is 0 Å². The molecule has 2 N–H and O–H groups in total. The van der Waals surface area contributed by atoms with Crippen molar-refractivity contribution in [2.75, 3.05) is 37.4 Å². The third kappa shape index (κ3) is 6.06. The van der Waals surface area contributed by atoms with Crippen molar-refractivity contribution in [2.24, 2.45) is 5.92 Å². The number of ether oxygens (including phenoxy) is 1. The van der Waals surface area contributed by atoms with Gasteiger partial charge < -0.3 is 20.3 Å². The van der Waals surface area contributed by atoms with Crippen LogP contribution < -0.4 is 15.4 Å². The van der Waals surface area contributed by atoms with Crippen LogP contribution in [0, 0.1) is 5.92 Å². The number of hydrogen-bond donors (Lipinski definition) is 2. The third-order valence-corrected chi connectivity index (χ3v) is 5.32. The number of carbonyl (C=O) groups is 2. The van der Waals surface area contributed by atoms with E-state index in [2.05, 4.69) is 22.5 Å². The average Bonchev–Trinajstić information content (AvgIpc) is 2.74. The highest BCUT2D eigenvalue weighted by atomic mass is 16.5. The number of piperidine rings is 1. The third-order valence-electron chi connectivity index (χ3n) is 5.32. The molecule has 1 aliphatic rings. The summed E-state index contributed by atoms with van der Waals surface area (Å²) in [5.41, 5.74) is 1.82. The summed E-state index contributed by atoms with van der Waals surface area (Å²) in [5.74, 6) is 1.16. The van der Waals surface area contributed by atoms with Gasteiger partial charge in [0.1, 0.15) is 5.75 Å². The number of amides is 2. The highest BCUT2D eigenvalue weighted by molar-refractivity contribution is 6.05. The van der Waals surface area contributed by atoms with Crippen LogP contribution in [0.4, 0.5) is 11.4 Å². The number of nitrogens with zero attached hydrogens (tertiary/aromatic N) is 1. The SMILES string of the molecule is COc1ccccc1NC(=O)c1ccc(NC(=O)CCN2CCC(C)CC2)cc1. The number of anilines is 2. The van der Waals surface area contributed by atoms with Gasteiger partial charge >= 0.3 is 0 Å². The van der Waals surface area contributed by atoms with Gasteiger partial charge in [0.25, 0.3) is 5.91 Å². The van der Waals surface area contributed by atoms with Gasteiger partial charge in [0, 0.05) is 24.2 Å². The topological polar surface area (TPSA) is 70.7 Å². The van der Waals surface area contributed by atoms with Crippen LogP contribution in [-0.2, 0) is 4.79 Å². The van der Waals surface area contributed by atoms with E-state index in [9.17, 15) is 9.59 Å². The molecule has 0 radical (unpaired) electrons. The maximum atomic E-state index is 12.5. The molecule has 1 heterocycles. The fourth-order valence-corrected chi connectivity index (χ4v) is 3.42. The zero-order valence-corrected chi connectivity index (χ0v) is 17.1. The van der Waals surface area contributed by atoms with Crippen LogP contribution in [-0.4, -0.2) is 43.5 Å². The van der Waals surface area contributed by atoms with Gasteiger partial charge in [0.05, 0.1) is 12.8 Å². The van der Waals surface area contributed by atoms with Crippen molar-refractivity contribution in [2.45, 2.75) is 26.2 Å². The van der Waals surface area contributed by atoms with Crippen molar-refractivity contribution >= 4 is 23.2 Å². The minimum atomic E-state index is -0.230. The Morgan fingerprint density at radius 2 is 1.72 bits per heavy atom. The minimum absolute atomic E-state index is 0.00477. The molecular formula is C23H29N3O3. The number of hydrogen-bond acceptors (Lipinski definition) is 4. The monoisotopic (exact) mass is 395 g/mol. The number of carbonyl (C=O) groups excluding carboxylic acids is 2. The molecule has 0 aromatic heterocycles. The summed E-state index contributed by atoms with van der Waals surface area (Å²) in [6.45, 7) is 5.22. The van der Waals surface area contributed by atoms with Gasteiger partial charge in [0.15, 0.2) is 0 Å². The molecule has 2 amide bonds. The number of benzene rings is 2. The van der Waals surface area contributed by atoms with Crippen molar-refractivity contribution in [3.05, 3.63) is 54.1 Å². The van der Waals surface area contributed by atoms with Gasteiger partial charge in [-0.15, -0.1) is 0 Å². The largest absolute Gasteiger partial charge is 0.495 e. The van der Waals surface area contributed by atoms with Crippen molar-refractivity contribution in [1.82, 2.24) is 4.90 Å². The molecule has 1 aliphatic heterocycles. The fraction of sp³-hybridized carbons (Fsp3) is 0.391. The van der Waals surface area contributed by atoms with E-state index in [4.69, 9.17) is 4.74 Å². The van der Waals surface area contributed by atoms with Crippen LogP contribution in [0.25, 0.3) is 0 Å². The first-order chi connectivity index (χ1) is 14.0. The molecule has 6 nitrogen and oxygen atoms in total. The first-order valence-electron chi connectivity index (χ1n) is 10.1. The van der Waals surface area contributed by atoms with E-state index >= 15 is 0 Å². The van der Waals surface area contributed by atoms with Crippen LogP contribution in [0.5, 0.6) is 5.75 Å². The molecule has 3 rings (SSSR count). The Bertz CT molecular complexity index is 828. The maximum Gasteiger partial charge on any atom is 0.255 e. The predicted molar refractivity (Wildman–Crippen MR) is 115 cm³/mol. The van der Waals surface area contributed by atoms with Gasteiger partial charge in [-0.3, -0.25) is 9.59 Å². The first kappa shape index (κ1) is 20.9. The molecule has 154 valence electrons. The van der Waals surface area contributed by atoms with Gasteiger partial charge in [-0.25, -0.2) is 0 Å². The summed E-state index contributed by atoms with van der Waals surface area (Å²) < 4.78 is 5.25. The average molecular weight is 396 g/mol. The number of rotatable bonds is 7. The fourth-order valence-electron chi connectivity index (χ4n) is 3.42. The molecule has 0 saturated carbocycles. The minimum Gasteiger partial charge on any atom is -0.495 e. The van der Waals surface area contributed by atoms with E-state index in [-0.39, 0.29) is 11.8 Å². The van der Waals surface area contributed by atoms with Crippen molar-refractivity contribution < 1.29 is 14.3 Å². The number of nitrogens with one attached hydrogen (secondary N) is 2. The highest BCUT2D eigenvalue weighted by Gasteiger charge is 2.16. The Balaban J connectivity index is 1.49. The lowest BCUT2D eigenvalue weighted by atomic mass is 9.99. The molecule has 1 fully saturated rings. The smallest absolute Gasteiger partial charge is 0.255 e. The van der Waals surface area contributed by atoms with E-state index in [0.29, 0.717) is 29.1 Å². The quantitative estimate of drug-likeness (QED) is 0.743. The molecule has 0 bridgehead atoms. The second-order valence-electron chi connectivity index (χ2n) is 7.55. The van der Waals surface area contributed by atoms with E-state index in [1.54, 1.807) is 43.5 Å². The van der Waals surface area contributed by atoms with Gasteiger partial charge in [0.2, 0.25) is 5.91 Å². The van der Waals surface area contributed by atoms with Crippen molar-refractivity contribution in [1.29, 1.82) is 0 Å². The van der Waals surface area contributed by atoms with E-state index in [0.717, 1.165) is 25.6 Å². The van der Waals surface area contributed by atoms with Crippen LogP contribution in [0.1, 0.15) is 36.5 Å². The molecule has 0 atom stereocenters. The maximum absolute atomic E-state index is 12.5. The summed E-state index contributed by atoms with van der Waals surface area (Å²) in [7, 11) is 1.56. The Morgan fingerprint density at radius 1 is 1.03 bits per heavy atom. The first-order valence-corrected chi connectivity index (χ1v) is 10.1. The number of likely N-dealkylation sites (tertiary alicyclic amines) is 1. The Morgan fingerprint density at radius 3 is 2.41 bits per heavy atom. The lowest BCUT2D eigenvalue weighted by Crippen LogP contribution is -2.35. The van der Waals surface area contributed by atoms with Crippen LogP contribution in [0.15, 0.2) is 48.5 Å². The summed E-state index contributed by atoms with van der Waals surface area (Å²) in [6.07, 6.45) is 2.89. The van der Waals surface area contributed by atoms with E-state index in [1.807, 2.05) is 12.1 Å². The molecule has 2 aromatic rings. The Kier molecular flexibility index (Phi) is 7.25. The van der Waals surface area contributed by atoms with Crippen LogP contribution >= 0.6 is 0 Å². The summed E-state index contributed by atoms with van der Waals surface area (Å²) in [6, 6.07) is 14.2. The summed E-state index contributed by atoms with van der Waals surface area (Å²) in [4.78, 5) is 27.0. The molecule has 0 aliphatic carbocycles. The van der Waals surface area contributed by atoms with Crippen LogP contribution in [0.2, 0.25) is 0 Å². The molecular weight excluding hydrogens is 366 g/mol. The number of methoxy groups -OCH3 is 1. The Labute approximate surface area is 172 Å². The van der Waals surface area contributed by atoms with Crippen molar-refractivity contribution in [3.63, 3.8) is 0 Å². The molecule has 0 unspecified atom stereocenters.